The van der Waals surface area contributed by atoms with Gasteiger partial charge in [0, 0.05) is 38.0 Å². The molecule has 1 aromatic rings. The van der Waals surface area contributed by atoms with Crippen molar-refractivity contribution in [3.8, 4) is 0 Å². The van der Waals surface area contributed by atoms with E-state index in [4.69, 9.17) is 9.47 Å². The highest BCUT2D eigenvalue weighted by Crippen LogP contribution is 2.17. The SMILES string of the molecule is CC(=O)OC(C(=O)NCC1CCCO1)c1ccncc1. The van der Waals surface area contributed by atoms with E-state index < -0.39 is 12.1 Å². The number of rotatable bonds is 5. The van der Waals surface area contributed by atoms with Gasteiger partial charge in [0.15, 0.2) is 0 Å². The third-order valence-electron chi connectivity index (χ3n) is 3.06. The minimum Gasteiger partial charge on any atom is -0.447 e. The average molecular weight is 278 g/mol. The van der Waals surface area contributed by atoms with Gasteiger partial charge >= 0.3 is 5.97 Å². The molecule has 2 atom stereocenters. The van der Waals surface area contributed by atoms with Crippen molar-refractivity contribution < 1.29 is 19.1 Å². The van der Waals surface area contributed by atoms with E-state index >= 15 is 0 Å². The highest BCUT2D eigenvalue weighted by Gasteiger charge is 2.25. The first kappa shape index (κ1) is 14.5. The molecule has 6 nitrogen and oxygen atoms in total. The van der Waals surface area contributed by atoms with E-state index in [0.29, 0.717) is 12.1 Å². The molecule has 0 saturated carbocycles. The molecule has 6 heteroatoms. The number of pyridine rings is 1. The van der Waals surface area contributed by atoms with Gasteiger partial charge in [-0.2, -0.15) is 0 Å². The molecule has 0 spiro atoms. The molecule has 1 N–H and O–H groups in total. The van der Waals surface area contributed by atoms with Gasteiger partial charge in [-0.3, -0.25) is 14.6 Å². The van der Waals surface area contributed by atoms with E-state index in [9.17, 15) is 9.59 Å². The lowest BCUT2D eigenvalue weighted by Gasteiger charge is -2.18. The lowest BCUT2D eigenvalue weighted by Crippen LogP contribution is -2.36. The van der Waals surface area contributed by atoms with Gasteiger partial charge in [-0.15, -0.1) is 0 Å². The van der Waals surface area contributed by atoms with Crippen LogP contribution < -0.4 is 5.32 Å². The molecule has 0 bridgehead atoms. The zero-order chi connectivity index (χ0) is 14.4. The highest BCUT2D eigenvalue weighted by atomic mass is 16.5. The molecular weight excluding hydrogens is 260 g/mol. The first-order valence-corrected chi connectivity index (χ1v) is 6.63. The summed E-state index contributed by atoms with van der Waals surface area (Å²) in [4.78, 5) is 27.2. The molecule has 1 amide bonds. The van der Waals surface area contributed by atoms with Crippen LogP contribution in [0.15, 0.2) is 24.5 Å². The molecule has 1 saturated heterocycles. The van der Waals surface area contributed by atoms with Crippen LogP contribution in [0.4, 0.5) is 0 Å². The van der Waals surface area contributed by atoms with Crippen molar-refractivity contribution in [1.82, 2.24) is 10.3 Å². The Morgan fingerprint density at radius 2 is 2.25 bits per heavy atom. The number of carbonyl (C=O) groups is 2. The van der Waals surface area contributed by atoms with Crippen LogP contribution in [0.1, 0.15) is 31.4 Å². The molecule has 2 rings (SSSR count). The van der Waals surface area contributed by atoms with Crippen LogP contribution in [0.5, 0.6) is 0 Å². The molecule has 1 aliphatic heterocycles. The van der Waals surface area contributed by atoms with E-state index in [1.807, 2.05) is 0 Å². The Morgan fingerprint density at radius 1 is 1.50 bits per heavy atom. The molecule has 1 fully saturated rings. The number of aromatic nitrogens is 1. The lowest BCUT2D eigenvalue weighted by molar-refractivity contribution is -0.154. The Hall–Kier alpha value is -1.95. The second kappa shape index (κ2) is 7.00. The van der Waals surface area contributed by atoms with Crippen LogP contribution in [0.25, 0.3) is 0 Å². The van der Waals surface area contributed by atoms with E-state index in [1.54, 1.807) is 24.5 Å². The summed E-state index contributed by atoms with van der Waals surface area (Å²) in [5.74, 6) is -0.846. The Labute approximate surface area is 117 Å². The van der Waals surface area contributed by atoms with Crippen molar-refractivity contribution in [1.29, 1.82) is 0 Å². The second-order valence-electron chi connectivity index (χ2n) is 4.65. The van der Waals surface area contributed by atoms with Crippen molar-refractivity contribution in [3.05, 3.63) is 30.1 Å². The molecule has 0 aromatic carbocycles. The Morgan fingerprint density at radius 3 is 2.85 bits per heavy atom. The van der Waals surface area contributed by atoms with Gasteiger partial charge in [0.2, 0.25) is 6.10 Å². The van der Waals surface area contributed by atoms with Crippen LogP contribution in [-0.4, -0.2) is 36.1 Å². The van der Waals surface area contributed by atoms with Crippen LogP contribution >= 0.6 is 0 Å². The largest absolute Gasteiger partial charge is 0.447 e. The number of hydrogen-bond acceptors (Lipinski definition) is 5. The number of ether oxygens (including phenoxy) is 2. The number of nitrogens with one attached hydrogen (secondary N) is 1. The molecule has 108 valence electrons. The molecule has 1 aromatic heterocycles. The van der Waals surface area contributed by atoms with Gasteiger partial charge in [-0.25, -0.2) is 0 Å². The number of carbonyl (C=O) groups excluding carboxylic acids is 2. The first-order chi connectivity index (χ1) is 9.66. The summed E-state index contributed by atoms with van der Waals surface area (Å²) in [6, 6.07) is 3.30. The third kappa shape index (κ3) is 4.03. The second-order valence-corrected chi connectivity index (χ2v) is 4.65. The number of nitrogens with zero attached hydrogens (tertiary/aromatic N) is 1. The molecule has 2 heterocycles. The first-order valence-electron chi connectivity index (χ1n) is 6.63. The summed E-state index contributed by atoms with van der Waals surface area (Å²) in [6.07, 6.45) is 4.16. The Bertz CT molecular complexity index is 458. The topological polar surface area (TPSA) is 77.5 Å². The number of amides is 1. The summed E-state index contributed by atoms with van der Waals surface area (Å²) in [5.41, 5.74) is 0.597. The Kier molecular flexibility index (Phi) is 5.06. The van der Waals surface area contributed by atoms with Gasteiger partial charge in [0.1, 0.15) is 0 Å². The predicted molar refractivity (Wildman–Crippen MR) is 70.7 cm³/mol. The zero-order valence-corrected chi connectivity index (χ0v) is 11.4. The highest BCUT2D eigenvalue weighted by molar-refractivity contribution is 5.84. The van der Waals surface area contributed by atoms with Crippen LogP contribution in [-0.2, 0) is 19.1 Å². The number of hydrogen-bond donors (Lipinski definition) is 1. The minimum atomic E-state index is -0.947. The molecular formula is C14H18N2O4. The summed E-state index contributed by atoms with van der Waals surface area (Å²) in [6.45, 7) is 2.45. The van der Waals surface area contributed by atoms with Crippen molar-refractivity contribution in [2.24, 2.45) is 0 Å². The van der Waals surface area contributed by atoms with Crippen molar-refractivity contribution in [3.63, 3.8) is 0 Å². The fourth-order valence-electron chi connectivity index (χ4n) is 2.09. The van der Waals surface area contributed by atoms with Gasteiger partial charge in [-0.05, 0) is 25.0 Å². The van der Waals surface area contributed by atoms with Crippen molar-refractivity contribution in [2.45, 2.75) is 32.0 Å². The Balaban J connectivity index is 1.98. The van der Waals surface area contributed by atoms with Crippen LogP contribution in [0, 0.1) is 0 Å². The van der Waals surface area contributed by atoms with Crippen LogP contribution in [0.3, 0.4) is 0 Å². The fourth-order valence-corrected chi connectivity index (χ4v) is 2.09. The minimum absolute atomic E-state index is 0.0503. The quantitative estimate of drug-likeness (QED) is 0.812. The number of esters is 1. The maximum atomic E-state index is 12.2. The van der Waals surface area contributed by atoms with Gasteiger partial charge in [0.25, 0.3) is 5.91 Å². The zero-order valence-electron chi connectivity index (χ0n) is 11.4. The van der Waals surface area contributed by atoms with Gasteiger partial charge in [0.05, 0.1) is 6.10 Å². The fraction of sp³-hybridized carbons (Fsp3) is 0.500. The van der Waals surface area contributed by atoms with Crippen molar-refractivity contribution >= 4 is 11.9 Å². The average Bonchev–Trinajstić information content (AvgIpc) is 2.96. The summed E-state index contributed by atoms with van der Waals surface area (Å²) < 4.78 is 10.5. The standard InChI is InChI=1S/C14H18N2O4/c1-10(17)20-13(11-4-6-15-7-5-11)14(18)16-9-12-3-2-8-19-12/h4-7,12-13H,2-3,8-9H2,1H3,(H,16,18). The lowest BCUT2D eigenvalue weighted by atomic mass is 10.1. The summed E-state index contributed by atoms with van der Waals surface area (Å²) in [7, 11) is 0. The normalized spacial score (nSPS) is 19.4. The van der Waals surface area contributed by atoms with Crippen LogP contribution in [0.2, 0.25) is 0 Å². The summed E-state index contributed by atoms with van der Waals surface area (Å²) in [5, 5.41) is 2.77. The molecule has 20 heavy (non-hydrogen) atoms. The van der Waals surface area contributed by atoms with E-state index in [1.165, 1.54) is 6.92 Å². The van der Waals surface area contributed by atoms with Crippen molar-refractivity contribution in [2.75, 3.05) is 13.2 Å². The summed E-state index contributed by atoms with van der Waals surface area (Å²) >= 11 is 0. The van der Waals surface area contributed by atoms with Gasteiger partial charge < -0.3 is 14.8 Å². The molecule has 0 radical (unpaired) electrons. The third-order valence-corrected chi connectivity index (χ3v) is 3.06. The van der Waals surface area contributed by atoms with E-state index in [-0.39, 0.29) is 12.0 Å². The van der Waals surface area contributed by atoms with Gasteiger partial charge in [-0.1, -0.05) is 0 Å². The van der Waals surface area contributed by atoms with E-state index in [0.717, 1.165) is 19.4 Å². The molecule has 0 aliphatic carbocycles. The maximum Gasteiger partial charge on any atom is 0.303 e. The van der Waals surface area contributed by atoms with E-state index in [2.05, 4.69) is 10.3 Å². The maximum absolute atomic E-state index is 12.2. The molecule has 1 aliphatic rings. The smallest absolute Gasteiger partial charge is 0.303 e. The molecule has 2 unspecified atom stereocenters. The predicted octanol–water partition coefficient (Wildman–Crippen LogP) is 0.981. The monoisotopic (exact) mass is 278 g/mol.